The summed E-state index contributed by atoms with van der Waals surface area (Å²) in [5, 5.41) is 11.7. The van der Waals surface area contributed by atoms with Crippen molar-refractivity contribution in [2.75, 3.05) is 45.2 Å². The third kappa shape index (κ3) is 8.73. The van der Waals surface area contributed by atoms with E-state index < -0.39 is 11.9 Å². The molecule has 0 saturated heterocycles. The number of rotatable bonds is 8. The van der Waals surface area contributed by atoms with Crippen LogP contribution in [0.2, 0.25) is 10.0 Å². The van der Waals surface area contributed by atoms with Crippen LogP contribution in [-0.4, -0.2) is 84.3 Å². The lowest BCUT2D eigenvalue weighted by molar-refractivity contribution is 0.0592. The lowest BCUT2D eigenvalue weighted by Gasteiger charge is -2.19. The van der Waals surface area contributed by atoms with Gasteiger partial charge in [0.1, 0.15) is 0 Å². The van der Waals surface area contributed by atoms with E-state index in [1.807, 2.05) is 19.1 Å². The maximum absolute atomic E-state index is 13.3. The molecular formula is C43H36BrCl2N7O7. The van der Waals surface area contributed by atoms with E-state index >= 15 is 0 Å². The second-order valence-corrected chi connectivity index (χ2v) is 14.9. The number of hydrogen-bond acceptors (Lipinski definition) is 9. The molecule has 0 bridgehead atoms. The molecule has 0 saturated carbocycles. The van der Waals surface area contributed by atoms with Gasteiger partial charge in [0.05, 0.1) is 63.3 Å². The van der Waals surface area contributed by atoms with Crippen LogP contribution in [-0.2, 0) is 9.47 Å². The SMILES string of the molecule is CNC(=O)c1ccc(-c2cnn3ccc(C(=O)N(C)c4ccc(Cl)c(C(=O)OC)c4)cc23)c(C)c1.COC(=O)c1cc(N(C)C(=O)c2ccn3ncc(Br)c3c2)ccc1Cl. The zero-order valence-corrected chi connectivity index (χ0v) is 36.1. The average Bonchev–Trinajstić information content (AvgIpc) is 3.87. The standard InChI is InChI=1S/C26H23ClN4O4.C17H13BrClN3O3/c1-15-11-16(24(32)28-2)5-7-19(15)21-14-29-31-10-9-17(12-23(21)31)25(33)30(3)18-6-8-22(27)20(13-18)26(34)35-4;1-21(11-3-4-14(19)12(8-11)17(24)25-2)16(23)10-5-6-22-15(7-10)13(18)9-20-22/h5-14H,1-4H3,(H,28,32);3-9H,1-2H3. The molecule has 14 nitrogen and oxygen atoms in total. The van der Waals surface area contributed by atoms with Crippen LogP contribution >= 0.6 is 39.1 Å². The summed E-state index contributed by atoms with van der Waals surface area (Å²) in [6.45, 7) is 1.92. The quantitative estimate of drug-likeness (QED) is 0.149. The van der Waals surface area contributed by atoms with Gasteiger partial charge >= 0.3 is 11.9 Å². The van der Waals surface area contributed by atoms with E-state index in [1.165, 1.54) is 36.2 Å². The first kappa shape index (κ1) is 43.0. The fourth-order valence-corrected chi connectivity index (χ4v) is 7.03. The molecule has 7 rings (SSSR count). The molecule has 1 N–H and O–H groups in total. The number of methoxy groups -OCH3 is 2. The van der Waals surface area contributed by atoms with Gasteiger partial charge in [-0.3, -0.25) is 14.4 Å². The van der Waals surface area contributed by atoms with Crippen molar-refractivity contribution >= 4 is 91.2 Å². The molecular weight excluding hydrogens is 877 g/mol. The second-order valence-electron chi connectivity index (χ2n) is 13.2. The summed E-state index contributed by atoms with van der Waals surface area (Å²) >= 11 is 15.5. The highest BCUT2D eigenvalue weighted by Crippen LogP contribution is 2.31. The number of nitrogens with zero attached hydrogens (tertiary/aromatic N) is 6. The van der Waals surface area contributed by atoms with Gasteiger partial charge in [0.2, 0.25) is 0 Å². The van der Waals surface area contributed by atoms with E-state index in [2.05, 4.69) is 31.4 Å². The van der Waals surface area contributed by atoms with E-state index in [-0.39, 0.29) is 38.9 Å². The van der Waals surface area contributed by atoms with Gasteiger partial charge in [-0.25, -0.2) is 18.6 Å². The molecule has 0 aliphatic carbocycles. The Morgan fingerprint density at radius 3 is 1.65 bits per heavy atom. The Balaban J connectivity index is 0.000000213. The van der Waals surface area contributed by atoms with Crippen molar-refractivity contribution < 1.29 is 33.4 Å². The molecule has 17 heteroatoms. The topological polar surface area (TPSA) is 157 Å². The van der Waals surface area contributed by atoms with E-state index in [4.69, 9.17) is 32.7 Å². The number of esters is 2. The number of aryl methyl sites for hydroxylation is 1. The summed E-state index contributed by atoms with van der Waals surface area (Å²) in [7, 11) is 7.38. The Morgan fingerprint density at radius 2 is 1.15 bits per heavy atom. The minimum absolute atomic E-state index is 0.159. The molecule has 3 amide bonds. The van der Waals surface area contributed by atoms with E-state index in [0.29, 0.717) is 28.1 Å². The minimum Gasteiger partial charge on any atom is -0.465 e. The molecule has 0 aliphatic heterocycles. The first-order valence-electron chi connectivity index (χ1n) is 17.9. The van der Waals surface area contributed by atoms with Gasteiger partial charge in [0, 0.05) is 67.2 Å². The van der Waals surface area contributed by atoms with Gasteiger partial charge in [-0.1, -0.05) is 29.3 Å². The van der Waals surface area contributed by atoms with E-state index in [9.17, 15) is 24.0 Å². The number of aromatic nitrogens is 4. The maximum atomic E-state index is 13.3. The molecule has 3 aromatic carbocycles. The molecule has 0 unspecified atom stereocenters. The van der Waals surface area contributed by atoms with Gasteiger partial charge in [0.25, 0.3) is 17.7 Å². The minimum atomic E-state index is -0.583. The smallest absolute Gasteiger partial charge is 0.339 e. The molecule has 7 aromatic rings. The number of amides is 3. The molecule has 0 aliphatic rings. The molecule has 0 spiro atoms. The van der Waals surface area contributed by atoms with E-state index in [1.54, 1.807) is 110 Å². The fourth-order valence-electron chi connectivity index (χ4n) is 6.25. The van der Waals surface area contributed by atoms with Crippen molar-refractivity contribution in [1.82, 2.24) is 24.5 Å². The predicted molar refractivity (Wildman–Crippen MR) is 233 cm³/mol. The molecule has 4 aromatic heterocycles. The van der Waals surface area contributed by atoms with E-state index in [0.717, 1.165) is 32.2 Å². The van der Waals surface area contributed by atoms with Crippen LogP contribution < -0.4 is 15.1 Å². The molecule has 4 heterocycles. The molecule has 60 heavy (non-hydrogen) atoms. The highest BCUT2D eigenvalue weighted by atomic mass is 79.9. The normalized spacial score (nSPS) is 10.8. The van der Waals surface area contributed by atoms with Gasteiger partial charge in [0.15, 0.2) is 0 Å². The lowest BCUT2D eigenvalue weighted by atomic mass is 9.98. The number of carbonyl (C=O) groups excluding carboxylic acids is 5. The van der Waals surface area contributed by atoms with Crippen LogP contribution in [0.25, 0.3) is 22.2 Å². The summed E-state index contributed by atoms with van der Waals surface area (Å²) in [4.78, 5) is 64.7. The van der Waals surface area contributed by atoms with Crippen molar-refractivity contribution in [2.24, 2.45) is 0 Å². The lowest BCUT2D eigenvalue weighted by Crippen LogP contribution is -2.26. The summed E-state index contributed by atoms with van der Waals surface area (Å²) < 4.78 is 13.6. The Bertz CT molecular complexity index is 2840. The first-order valence-corrected chi connectivity index (χ1v) is 19.5. The molecule has 306 valence electrons. The Kier molecular flexibility index (Phi) is 13.0. The number of carbonyl (C=O) groups is 5. The number of pyridine rings is 2. The largest absolute Gasteiger partial charge is 0.465 e. The summed E-state index contributed by atoms with van der Waals surface area (Å²) in [5.74, 6) is -1.80. The third-order valence-corrected chi connectivity index (χ3v) is 10.9. The number of halogens is 3. The summed E-state index contributed by atoms with van der Waals surface area (Å²) in [5.41, 5.74) is 7.08. The number of hydrogen-bond donors (Lipinski definition) is 1. The zero-order valence-electron chi connectivity index (χ0n) is 33.0. The molecule has 0 radical (unpaired) electrons. The third-order valence-electron chi connectivity index (χ3n) is 9.59. The van der Waals surface area contributed by atoms with Gasteiger partial charge in [-0.05, 0) is 107 Å². The summed E-state index contributed by atoms with van der Waals surface area (Å²) in [6, 6.07) is 21.8. The highest BCUT2D eigenvalue weighted by molar-refractivity contribution is 9.10. The van der Waals surface area contributed by atoms with Crippen LogP contribution in [0.3, 0.4) is 0 Å². The van der Waals surface area contributed by atoms with Crippen LogP contribution in [0.15, 0.2) is 108 Å². The van der Waals surface area contributed by atoms with Crippen molar-refractivity contribution in [1.29, 1.82) is 0 Å². The summed E-state index contributed by atoms with van der Waals surface area (Å²) in [6.07, 6.45) is 6.82. The maximum Gasteiger partial charge on any atom is 0.339 e. The average molecular weight is 914 g/mol. The monoisotopic (exact) mass is 911 g/mol. The van der Waals surface area contributed by atoms with Crippen molar-refractivity contribution in [3.05, 3.63) is 152 Å². The van der Waals surface area contributed by atoms with Crippen LogP contribution in [0.4, 0.5) is 11.4 Å². The second kappa shape index (κ2) is 18.2. The van der Waals surface area contributed by atoms with Gasteiger partial charge < -0.3 is 24.6 Å². The van der Waals surface area contributed by atoms with Crippen LogP contribution in [0.1, 0.15) is 57.4 Å². The van der Waals surface area contributed by atoms with Crippen LogP contribution in [0.5, 0.6) is 0 Å². The first-order chi connectivity index (χ1) is 28.7. The molecule has 0 fully saturated rings. The van der Waals surface area contributed by atoms with Gasteiger partial charge in [-0.2, -0.15) is 10.2 Å². The van der Waals surface area contributed by atoms with Crippen molar-refractivity contribution in [3.8, 4) is 11.1 Å². The number of ether oxygens (including phenoxy) is 2. The van der Waals surface area contributed by atoms with Crippen molar-refractivity contribution in [3.63, 3.8) is 0 Å². The number of anilines is 2. The number of benzene rings is 3. The Hall–Kier alpha value is -6.55. The fraction of sp³-hybridized carbons (Fsp3) is 0.140. The van der Waals surface area contributed by atoms with Crippen molar-refractivity contribution in [2.45, 2.75) is 6.92 Å². The van der Waals surface area contributed by atoms with Gasteiger partial charge in [-0.15, -0.1) is 0 Å². The van der Waals surface area contributed by atoms with Crippen LogP contribution in [0, 0.1) is 6.92 Å². The number of fused-ring (bicyclic) bond motifs is 2. The zero-order chi connectivity index (χ0) is 43.4. The Morgan fingerprint density at radius 1 is 0.650 bits per heavy atom. The molecule has 0 atom stereocenters. The highest BCUT2D eigenvalue weighted by Gasteiger charge is 2.21. The predicted octanol–water partition coefficient (Wildman–Crippen LogP) is 8.20. The number of nitrogens with one attached hydrogen (secondary N) is 1. The Labute approximate surface area is 362 Å².